The third-order valence-electron chi connectivity index (χ3n) is 1.77. The summed E-state index contributed by atoms with van der Waals surface area (Å²) in [4.78, 5) is 12.2. The zero-order valence-corrected chi connectivity index (χ0v) is 7.71. The molecule has 2 aromatic rings. The van der Waals surface area contributed by atoms with Gasteiger partial charge >= 0.3 is 6.01 Å². The van der Waals surface area contributed by atoms with E-state index in [1.54, 1.807) is 18.6 Å². The normalized spacial score (nSPS) is 9.79. The Balaban J connectivity index is 2.34. The maximum atomic E-state index is 4.86. The van der Waals surface area contributed by atoms with E-state index in [4.69, 9.17) is 4.74 Å². The van der Waals surface area contributed by atoms with Crippen molar-refractivity contribution in [2.24, 2.45) is 0 Å². The van der Waals surface area contributed by atoms with Crippen molar-refractivity contribution in [2.75, 3.05) is 7.11 Å². The second-order valence-electron chi connectivity index (χ2n) is 2.67. The minimum Gasteiger partial charge on any atom is -0.467 e. The second kappa shape index (κ2) is 3.83. The standard InChI is InChI=1S/C10H9N3O/c1-14-10-12-6-8(7-13-10)9-4-2-3-5-11-9/h2-7H,1H3. The number of ether oxygens (including phenoxy) is 1. The van der Waals surface area contributed by atoms with Crippen molar-refractivity contribution in [1.29, 1.82) is 0 Å². The largest absolute Gasteiger partial charge is 0.467 e. The number of aromatic nitrogens is 3. The zero-order valence-electron chi connectivity index (χ0n) is 7.71. The molecule has 2 rings (SSSR count). The van der Waals surface area contributed by atoms with Gasteiger partial charge in [-0.1, -0.05) is 6.07 Å². The Bertz CT molecular complexity index is 399. The molecule has 2 heterocycles. The molecule has 14 heavy (non-hydrogen) atoms. The SMILES string of the molecule is COc1ncc(-c2ccccn2)cn1. The maximum absolute atomic E-state index is 4.86. The molecule has 0 unspecified atom stereocenters. The molecule has 0 spiro atoms. The van der Waals surface area contributed by atoms with E-state index in [1.807, 2.05) is 18.2 Å². The van der Waals surface area contributed by atoms with E-state index in [9.17, 15) is 0 Å². The van der Waals surface area contributed by atoms with Crippen molar-refractivity contribution < 1.29 is 4.74 Å². The molecule has 4 nitrogen and oxygen atoms in total. The van der Waals surface area contributed by atoms with Crippen LogP contribution < -0.4 is 4.74 Å². The number of nitrogens with zero attached hydrogens (tertiary/aromatic N) is 3. The summed E-state index contributed by atoms with van der Waals surface area (Å²) in [7, 11) is 1.54. The molecule has 0 N–H and O–H groups in total. The van der Waals surface area contributed by atoms with Crippen molar-refractivity contribution in [3.63, 3.8) is 0 Å². The van der Waals surface area contributed by atoms with Gasteiger partial charge in [-0.15, -0.1) is 0 Å². The monoisotopic (exact) mass is 187 g/mol. The molecule has 0 saturated heterocycles. The van der Waals surface area contributed by atoms with Gasteiger partial charge in [0.1, 0.15) is 0 Å². The highest BCUT2D eigenvalue weighted by molar-refractivity contribution is 5.56. The number of hydrogen-bond acceptors (Lipinski definition) is 4. The lowest BCUT2D eigenvalue weighted by Gasteiger charge is -1.99. The summed E-state index contributed by atoms with van der Waals surface area (Å²) in [6, 6.07) is 6.07. The predicted octanol–water partition coefficient (Wildman–Crippen LogP) is 1.55. The van der Waals surface area contributed by atoms with Crippen LogP contribution in [0.2, 0.25) is 0 Å². The Kier molecular flexibility index (Phi) is 2.36. The highest BCUT2D eigenvalue weighted by Gasteiger charge is 1.99. The van der Waals surface area contributed by atoms with Crippen LogP contribution in [0.4, 0.5) is 0 Å². The van der Waals surface area contributed by atoms with Gasteiger partial charge in [0, 0.05) is 24.2 Å². The van der Waals surface area contributed by atoms with Crippen LogP contribution >= 0.6 is 0 Å². The average molecular weight is 187 g/mol. The second-order valence-corrected chi connectivity index (χ2v) is 2.67. The van der Waals surface area contributed by atoms with Crippen LogP contribution in [0.1, 0.15) is 0 Å². The van der Waals surface area contributed by atoms with Gasteiger partial charge in [-0.2, -0.15) is 0 Å². The summed E-state index contributed by atoms with van der Waals surface area (Å²) in [5.41, 5.74) is 1.74. The number of hydrogen-bond donors (Lipinski definition) is 0. The van der Waals surface area contributed by atoms with Crippen molar-refractivity contribution in [2.45, 2.75) is 0 Å². The number of methoxy groups -OCH3 is 1. The van der Waals surface area contributed by atoms with Gasteiger partial charge < -0.3 is 4.74 Å². The van der Waals surface area contributed by atoms with Crippen LogP contribution in [0.5, 0.6) is 6.01 Å². The van der Waals surface area contributed by atoms with Crippen LogP contribution in [-0.4, -0.2) is 22.1 Å². The molecular formula is C10H9N3O. The zero-order chi connectivity index (χ0) is 9.80. The highest BCUT2D eigenvalue weighted by Crippen LogP contribution is 2.14. The fourth-order valence-corrected chi connectivity index (χ4v) is 1.09. The molecule has 0 saturated carbocycles. The Morgan fingerprint density at radius 2 is 1.86 bits per heavy atom. The Morgan fingerprint density at radius 3 is 2.43 bits per heavy atom. The third-order valence-corrected chi connectivity index (χ3v) is 1.77. The Hall–Kier alpha value is -1.97. The van der Waals surface area contributed by atoms with Gasteiger partial charge in [-0.3, -0.25) is 4.98 Å². The first kappa shape index (κ1) is 8.62. The molecule has 0 amide bonds. The first-order valence-corrected chi connectivity index (χ1v) is 4.17. The predicted molar refractivity (Wildman–Crippen MR) is 51.8 cm³/mol. The number of rotatable bonds is 2. The topological polar surface area (TPSA) is 47.9 Å². The van der Waals surface area contributed by atoms with E-state index in [0.29, 0.717) is 6.01 Å². The van der Waals surface area contributed by atoms with E-state index < -0.39 is 0 Å². The van der Waals surface area contributed by atoms with E-state index in [2.05, 4.69) is 15.0 Å². The van der Waals surface area contributed by atoms with E-state index in [-0.39, 0.29) is 0 Å². The lowest BCUT2D eigenvalue weighted by Crippen LogP contribution is -1.92. The van der Waals surface area contributed by atoms with E-state index in [0.717, 1.165) is 11.3 Å². The summed E-state index contributed by atoms with van der Waals surface area (Å²) >= 11 is 0. The van der Waals surface area contributed by atoms with E-state index >= 15 is 0 Å². The smallest absolute Gasteiger partial charge is 0.316 e. The van der Waals surface area contributed by atoms with Gasteiger partial charge in [0.15, 0.2) is 0 Å². The molecule has 70 valence electrons. The minimum absolute atomic E-state index is 0.365. The van der Waals surface area contributed by atoms with Crippen LogP contribution in [0.3, 0.4) is 0 Å². The van der Waals surface area contributed by atoms with Gasteiger partial charge in [-0.25, -0.2) is 9.97 Å². The van der Waals surface area contributed by atoms with Crippen molar-refractivity contribution in [3.05, 3.63) is 36.8 Å². The third kappa shape index (κ3) is 1.69. The van der Waals surface area contributed by atoms with Gasteiger partial charge in [0.05, 0.1) is 12.8 Å². The van der Waals surface area contributed by atoms with Crippen LogP contribution in [0.25, 0.3) is 11.3 Å². The molecule has 2 aromatic heterocycles. The fraction of sp³-hybridized carbons (Fsp3) is 0.100. The molecule has 0 aliphatic heterocycles. The summed E-state index contributed by atoms with van der Waals surface area (Å²) in [6.45, 7) is 0. The van der Waals surface area contributed by atoms with E-state index in [1.165, 1.54) is 7.11 Å². The van der Waals surface area contributed by atoms with Crippen LogP contribution in [0.15, 0.2) is 36.8 Å². The summed E-state index contributed by atoms with van der Waals surface area (Å²) in [6.07, 6.45) is 5.11. The van der Waals surface area contributed by atoms with Gasteiger partial charge in [0.2, 0.25) is 0 Å². The van der Waals surface area contributed by atoms with Crippen LogP contribution in [-0.2, 0) is 0 Å². The van der Waals surface area contributed by atoms with Crippen molar-refractivity contribution in [3.8, 4) is 17.3 Å². The molecule has 4 heteroatoms. The molecule has 0 bridgehead atoms. The highest BCUT2D eigenvalue weighted by atomic mass is 16.5. The van der Waals surface area contributed by atoms with Gasteiger partial charge in [-0.05, 0) is 12.1 Å². The fourth-order valence-electron chi connectivity index (χ4n) is 1.09. The minimum atomic E-state index is 0.365. The lowest BCUT2D eigenvalue weighted by molar-refractivity contribution is 0.380. The molecule has 0 aliphatic rings. The van der Waals surface area contributed by atoms with Crippen LogP contribution in [0, 0.1) is 0 Å². The maximum Gasteiger partial charge on any atom is 0.316 e. The number of pyridine rings is 1. The van der Waals surface area contributed by atoms with Gasteiger partial charge in [0.25, 0.3) is 0 Å². The van der Waals surface area contributed by atoms with Crippen molar-refractivity contribution in [1.82, 2.24) is 15.0 Å². The van der Waals surface area contributed by atoms with Crippen molar-refractivity contribution >= 4 is 0 Å². The summed E-state index contributed by atoms with van der Waals surface area (Å²) in [5.74, 6) is 0. The first-order valence-electron chi connectivity index (χ1n) is 4.17. The Morgan fingerprint density at radius 1 is 1.07 bits per heavy atom. The summed E-state index contributed by atoms with van der Waals surface area (Å²) < 4.78 is 4.86. The molecule has 0 aromatic carbocycles. The Labute approximate surface area is 81.6 Å². The molecule has 0 fully saturated rings. The molecular weight excluding hydrogens is 178 g/mol. The average Bonchev–Trinajstić information content (AvgIpc) is 2.30. The quantitative estimate of drug-likeness (QED) is 0.715. The summed E-state index contributed by atoms with van der Waals surface area (Å²) in [5, 5.41) is 0. The first-order chi connectivity index (χ1) is 6.90. The lowest BCUT2D eigenvalue weighted by atomic mass is 10.2. The molecule has 0 aliphatic carbocycles. The molecule has 0 atom stereocenters. The molecule has 0 radical (unpaired) electrons.